The van der Waals surface area contributed by atoms with E-state index in [1.54, 1.807) is 12.4 Å². The van der Waals surface area contributed by atoms with Gasteiger partial charge in [-0.1, -0.05) is 0 Å². The Labute approximate surface area is 87.0 Å². The molecule has 2 rings (SSSR count). The molecule has 0 unspecified atom stereocenters. The van der Waals surface area contributed by atoms with E-state index in [-0.39, 0.29) is 0 Å². The first-order valence-corrected chi connectivity index (χ1v) is 5.60. The molecule has 5 heteroatoms. The Kier molecular flexibility index (Phi) is 2.84. The fraction of sp³-hybridized carbons (Fsp3) is 0.444. The predicted octanol–water partition coefficient (Wildman–Crippen LogP) is 0.901. The van der Waals surface area contributed by atoms with Gasteiger partial charge in [0.25, 0.3) is 0 Å². The maximum Gasteiger partial charge on any atom is 0.225 e. The van der Waals surface area contributed by atoms with Crippen LogP contribution in [0.25, 0.3) is 0 Å². The SMILES string of the molecule is N#Cc1cnc(N2CCSCC2)nc1. The van der Waals surface area contributed by atoms with Crippen molar-refractivity contribution in [3.63, 3.8) is 0 Å². The molecular weight excluding hydrogens is 196 g/mol. The van der Waals surface area contributed by atoms with Crippen molar-refractivity contribution in [1.29, 1.82) is 5.26 Å². The molecule has 0 bridgehead atoms. The predicted molar refractivity (Wildman–Crippen MR) is 56.3 cm³/mol. The monoisotopic (exact) mass is 206 g/mol. The first kappa shape index (κ1) is 9.28. The lowest BCUT2D eigenvalue weighted by atomic mass is 10.4. The van der Waals surface area contributed by atoms with E-state index < -0.39 is 0 Å². The van der Waals surface area contributed by atoms with Crippen molar-refractivity contribution in [2.75, 3.05) is 29.5 Å². The summed E-state index contributed by atoms with van der Waals surface area (Å²) in [6.45, 7) is 1.99. The van der Waals surface area contributed by atoms with Crippen LogP contribution in [0, 0.1) is 11.3 Å². The largest absolute Gasteiger partial charge is 0.339 e. The molecule has 0 N–H and O–H groups in total. The van der Waals surface area contributed by atoms with Crippen LogP contribution in [0.2, 0.25) is 0 Å². The average molecular weight is 206 g/mol. The van der Waals surface area contributed by atoms with Crippen LogP contribution in [0.1, 0.15) is 5.56 Å². The number of rotatable bonds is 1. The topological polar surface area (TPSA) is 52.8 Å². The van der Waals surface area contributed by atoms with Gasteiger partial charge in [-0.3, -0.25) is 0 Å². The fourth-order valence-corrected chi connectivity index (χ4v) is 2.21. The van der Waals surface area contributed by atoms with Crippen LogP contribution in [0.15, 0.2) is 12.4 Å². The van der Waals surface area contributed by atoms with Crippen LogP contribution >= 0.6 is 11.8 Å². The third-order valence-electron chi connectivity index (χ3n) is 2.06. The Bertz CT molecular complexity index is 337. The van der Waals surface area contributed by atoms with E-state index in [2.05, 4.69) is 14.9 Å². The van der Waals surface area contributed by atoms with E-state index >= 15 is 0 Å². The molecule has 1 fully saturated rings. The lowest BCUT2D eigenvalue weighted by Crippen LogP contribution is -2.33. The molecule has 0 spiro atoms. The Morgan fingerprint density at radius 2 is 1.93 bits per heavy atom. The first-order valence-electron chi connectivity index (χ1n) is 4.45. The number of anilines is 1. The highest BCUT2D eigenvalue weighted by Crippen LogP contribution is 2.14. The number of nitrogens with zero attached hydrogens (tertiary/aromatic N) is 4. The number of hydrogen-bond donors (Lipinski definition) is 0. The minimum atomic E-state index is 0.514. The zero-order valence-electron chi connectivity index (χ0n) is 7.68. The number of nitriles is 1. The van der Waals surface area contributed by atoms with Gasteiger partial charge in [0.2, 0.25) is 5.95 Å². The van der Waals surface area contributed by atoms with E-state index in [9.17, 15) is 0 Å². The summed E-state index contributed by atoms with van der Waals surface area (Å²) in [6, 6.07) is 2.01. The molecule has 1 aliphatic heterocycles. The van der Waals surface area contributed by atoms with Gasteiger partial charge in [0, 0.05) is 24.6 Å². The van der Waals surface area contributed by atoms with Crippen molar-refractivity contribution >= 4 is 17.7 Å². The van der Waals surface area contributed by atoms with Crippen molar-refractivity contribution in [1.82, 2.24) is 9.97 Å². The molecule has 1 aromatic heterocycles. The van der Waals surface area contributed by atoms with Crippen LogP contribution < -0.4 is 4.90 Å². The van der Waals surface area contributed by atoms with Gasteiger partial charge < -0.3 is 4.90 Å². The van der Waals surface area contributed by atoms with Crippen LogP contribution in [-0.4, -0.2) is 34.6 Å². The minimum absolute atomic E-state index is 0.514. The molecule has 1 aliphatic rings. The van der Waals surface area contributed by atoms with E-state index in [0.29, 0.717) is 5.56 Å². The van der Waals surface area contributed by atoms with Gasteiger partial charge in [-0.25, -0.2) is 9.97 Å². The molecular formula is C9H10N4S. The number of hydrogen-bond acceptors (Lipinski definition) is 5. The van der Waals surface area contributed by atoms with E-state index in [1.165, 1.54) is 0 Å². The molecule has 14 heavy (non-hydrogen) atoms. The summed E-state index contributed by atoms with van der Waals surface area (Å²) in [5.74, 6) is 3.00. The second kappa shape index (κ2) is 4.29. The Hall–Kier alpha value is -1.28. The van der Waals surface area contributed by atoms with Gasteiger partial charge in [-0.15, -0.1) is 0 Å². The minimum Gasteiger partial charge on any atom is -0.339 e. The molecule has 0 aliphatic carbocycles. The smallest absolute Gasteiger partial charge is 0.225 e. The lowest BCUT2D eigenvalue weighted by molar-refractivity contribution is 0.814. The van der Waals surface area contributed by atoms with Gasteiger partial charge >= 0.3 is 0 Å². The zero-order valence-corrected chi connectivity index (χ0v) is 8.50. The molecule has 2 heterocycles. The molecule has 72 valence electrons. The standard InChI is InChI=1S/C9H10N4S/c10-5-8-6-11-9(12-7-8)13-1-3-14-4-2-13/h6-7H,1-4H2. The molecule has 0 saturated carbocycles. The van der Waals surface area contributed by atoms with E-state index in [4.69, 9.17) is 5.26 Å². The summed E-state index contributed by atoms with van der Waals surface area (Å²) in [5, 5.41) is 8.59. The average Bonchev–Trinajstić information content (AvgIpc) is 2.30. The summed E-state index contributed by atoms with van der Waals surface area (Å²) in [7, 11) is 0. The zero-order chi connectivity index (χ0) is 9.80. The lowest BCUT2D eigenvalue weighted by Gasteiger charge is -2.25. The highest BCUT2D eigenvalue weighted by Gasteiger charge is 2.12. The van der Waals surface area contributed by atoms with Crippen molar-refractivity contribution in [2.45, 2.75) is 0 Å². The van der Waals surface area contributed by atoms with Crippen molar-refractivity contribution in [3.05, 3.63) is 18.0 Å². The Morgan fingerprint density at radius 3 is 2.50 bits per heavy atom. The van der Waals surface area contributed by atoms with Crippen LogP contribution in [0.5, 0.6) is 0 Å². The maximum absolute atomic E-state index is 8.59. The van der Waals surface area contributed by atoms with Crippen LogP contribution in [0.3, 0.4) is 0 Å². The fourth-order valence-electron chi connectivity index (χ4n) is 1.31. The highest BCUT2D eigenvalue weighted by molar-refractivity contribution is 7.99. The van der Waals surface area contributed by atoms with Gasteiger partial charge in [-0.2, -0.15) is 17.0 Å². The van der Waals surface area contributed by atoms with Gasteiger partial charge in [0.05, 0.1) is 18.0 Å². The Morgan fingerprint density at radius 1 is 1.29 bits per heavy atom. The molecule has 4 nitrogen and oxygen atoms in total. The summed E-state index contributed by atoms with van der Waals surface area (Å²) in [5.41, 5.74) is 0.514. The van der Waals surface area contributed by atoms with E-state index in [1.807, 2.05) is 17.8 Å². The molecule has 0 atom stereocenters. The maximum atomic E-state index is 8.59. The van der Waals surface area contributed by atoms with Crippen LogP contribution in [-0.2, 0) is 0 Å². The third kappa shape index (κ3) is 1.96. The molecule has 0 amide bonds. The number of aromatic nitrogens is 2. The van der Waals surface area contributed by atoms with Gasteiger partial charge in [-0.05, 0) is 0 Å². The normalized spacial score (nSPS) is 16.4. The summed E-state index contributed by atoms with van der Waals surface area (Å²) in [4.78, 5) is 10.5. The number of thioether (sulfide) groups is 1. The van der Waals surface area contributed by atoms with Crippen molar-refractivity contribution in [3.8, 4) is 6.07 Å². The summed E-state index contributed by atoms with van der Waals surface area (Å²) < 4.78 is 0. The third-order valence-corrected chi connectivity index (χ3v) is 3.00. The van der Waals surface area contributed by atoms with Gasteiger partial charge in [0.1, 0.15) is 6.07 Å². The quantitative estimate of drug-likeness (QED) is 0.683. The molecule has 0 aromatic carbocycles. The second-order valence-corrected chi connectivity index (χ2v) is 4.21. The first-order chi connectivity index (χ1) is 6.90. The molecule has 0 radical (unpaired) electrons. The van der Waals surface area contributed by atoms with Crippen molar-refractivity contribution in [2.24, 2.45) is 0 Å². The molecule has 1 aromatic rings. The summed E-state index contributed by atoms with van der Waals surface area (Å²) in [6.07, 6.45) is 3.15. The highest BCUT2D eigenvalue weighted by atomic mass is 32.2. The van der Waals surface area contributed by atoms with Gasteiger partial charge in [0.15, 0.2) is 0 Å². The summed E-state index contributed by atoms with van der Waals surface area (Å²) >= 11 is 1.95. The van der Waals surface area contributed by atoms with Crippen molar-refractivity contribution < 1.29 is 0 Å². The second-order valence-electron chi connectivity index (χ2n) is 2.98. The van der Waals surface area contributed by atoms with E-state index in [0.717, 1.165) is 30.5 Å². The molecule has 1 saturated heterocycles. The van der Waals surface area contributed by atoms with Crippen LogP contribution in [0.4, 0.5) is 5.95 Å². The Balaban J connectivity index is 2.12.